The lowest BCUT2D eigenvalue weighted by atomic mass is 9.89. The molecule has 1 atom stereocenters. The molecule has 0 radical (unpaired) electrons. The van der Waals surface area contributed by atoms with Gasteiger partial charge in [0.1, 0.15) is 0 Å². The molecule has 1 aromatic heterocycles. The van der Waals surface area contributed by atoms with E-state index in [0.717, 1.165) is 0 Å². The zero-order valence-electron chi connectivity index (χ0n) is 14.6. The van der Waals surface area contributed by atoms with Gasteiger partial charge in [-0.2, -0.15) is 0 Å². The minimum absolute atomic E-state index is 0.0953. The van der Waals surface area contributed by atoms with Crippen molar-refractivity contribution in [1.82, 2.24) is 0 Å². The molecule has 0 unspecified atom stereocenters. The molecule has 0 saturated carbocycles. The highest BCUT2D eigenvalue weighted by atomic mass is 35.5. The number of para-hydroxylation sites is 1. The maximum atomic E-state index is 13.2. The minimum Gasteiger partial charge on any atom is -0.461 e. The number of amides is 1. The van der Waals surface area contributed by atoms with Gasteiger partial charge < -0.3 is 14.4 Å². The molecule has 1 aliphatic heterocycles. The summed E-state index contributed by atoms with van der Waals surface area (Å²) in [5.74, 6) is -0.945. The van der Waals surface area contributed by atoms with Gasteiger partial charge in [0.05, 0.1) is 24.9 Å². The Kier molecular flexibility index (Phi) is 4.75. The molecule has 2 heterocycles. The molecule has 1 amide bonds. The first-order valence-corrected chi connectivity index (χ1v) is 9.30. The number of Topliss-reactive ketones (excluding diaryl/α,β-unsaturated/α-hetero) is 1. The Labute approximate surface area is 171 Å². The molecule has 3 aromatic rings. The van der Waals surface area contributed by atoms with Gasteiger partial charge in [0.25, 0.3) is 5.91 Å². The van der Waals surface area contributed by atoms with Crippen LogP contribution < -0.4 is 4.90 Å². The minimum atomic E-state index is -1.97. The van der Waals surface area contributed by atoms with Crippen molar-refractivity contribution >= 4 is 40.6 Å². The fourth-order valence-electron chi connectivity index (χ4n) is 3.41. The number of hydrogen-bond acceptors (Lipinski definition) is 4. The molecular formula is C21H15Cl2NO4. The SMILES string of the molecule is O=C(C[C@@]1(O)C(=O)N(Cc2ccc(Cl)cc2Cl)c2ccccc21)c1ccco1. The van der Waals surface area contributed by atoms with Crippen LogP contribution in [0.25, 0.3) is 0 Å². The summed E-state index contributed by atoms with van der Waals surface area (Å²) < 4.78 is 5.11. The number of halogens is 2. The molecule has 1 aliphatic rings. The van der Waals surface area contributed by atoms with E-state index < -0.39 is 23.7 Å². The Hall–Kier alpha value is -2.60. The van der Waals surface area contributed by atoms with E-state index in [2.05, 4.69) is 0 Å². The van der Waals surface area contributed by atoms with Gasteiger partial charge in [-0.3, -0.25) is 9.59 Å². The number of fused-ring (bicyclic) bond motifs is 1. The molecule has 1 N–H and O–H groups in total. The number of rotatable bonds is 5. The van der Waals surface area contributed by atoms with Crippen LogP contribution in [0.2, 0.25) is 10.0 Å². The van der Waals surface area contributed by atoms with Crippen LogP contribution in [-0.2, 0) is 16.9 Å². The number of hydrogen-bond donors (Lipinski definition) is 1. The molecule has 0 bridgehead atoms. The van der Waals surface area contributed by atoms with E-state index in [9.17, 15) is 14.7 Å². The molecule has 0 aliphatic carbocycles. The number of carbonyl (C=O) groups is 2. The molecular weight excluding hydrogens is 401 g/mol. The van der Waals surface area contributed by atoms with Crippen LogP contribution in [-0.4, -0.2) is 16.8 Å². The van der Waals surface area contributed by atoms with Crippen molar-refractivity contribution in [3.05, 3.63) is 87.8 Å². The molecule has 0 spiro atoms. The van der Waals surface area contributed by atoms with Crippen molar-refractivity contribution in [2.75, 3.05) is 4.90 Å². The third kappa shape index (κ3) is 3.11. The summed E-state index contributed by atoms with van der Waals surface area (Å²) in [6.07, 6.45) is 0.956. The molecule has 7 heteroatoms. The van der Waals surface area contributed by atoms with Gasteiger partial charge in [0.2, 0.25) is 5.78 Å². The largest absolute Gasteiger partial charge is 0.461 e. The second-order valence-corrected chi connectivity index (χ2v) is 7.43. The highest BCUT2D eigenvalue weighted by Gasteiger charge is 2.51. The van der Waals surface area contributed by atoms with Gasteiger partial charge in [-0.05, 0) is 35.9 Å². The van der Waals surface area contributed by atoms with Crippen LogP contribution in [0.4, 0.5) is 5.69 Å². The van der Waals surface area contributed by atoms with Crippen LogP contribution in [0, 0.1) is 0 Å². The maximum Gasteiger partial charge on any atom is 0.264 e. The Morgan fingerprint density at radius 2 is 1.89 bits per heavy atom. The first-order valence-electron chi connectivity index (χ1n) is 8.54. The van der Waals surface area contributed by atoms with Crippen LogP contribution in [0.1, 0.15) is 28.1 Å². The summed E-state index contributed by atoms with van der Waals surface area (Å²) in [6.45, 7) is 0.142. The number of ketones is 1. The van der Waals surface area contributed by atoms with Gasteiger partial charge in [0, 0.05) is 15.6 Å². The normalized spacial score (nSPS) is 18.4. The van der Waals surface area contributed by atoms with E-state index in [1.165, 1.54) is 17.2 Å². The second kappa shape index (κ2) is 7.09. The number of nitrogens with zero attached hydrogens (tertiary/aromatic N) is 1. The van der Waals surface area contributed by atoms with E-state index in [4.69, 9.17) is 27.6 Å². The number of aliphatic hydroxyl groups is 1. The van der Waals surface area contributed by atoms with E-state index in [-0.39, 0.29) is 12.3 Å². The highest BCUT2D eigenvalue weighted by Crippen LogP contribution is 2.44. The lowest BCUT2D eigenvalue weighted by molar-refractivity contribution is -0.136. The number of furan rings is 1. The fourth-order valence-corrected chi connectivity index (χ4v) is 3.88. The molecule has 0 saturated heterocycles. The van der Waals surface area contributed by atoms with Crippen molar-refractivity contribution in [3.63, 3.8) is 0 Å². The Morgan fingerprint density at radius 1 is 1.11 bits per heavy atom. The van der Waals surface area contributed by atoms with Crippen molar-refractivity contribution in [2.45, 2.75) is 18.6 Å². The zero-order valence-corrected chi connectivity index (χ0v) is 16.1. The molecule has 28 heavy (non-hydrogen) atoms. The quantitative estimate of drug-likeness (QED) is 0.618. The van der Waals surface area contributed by atoms with Crippen LogP contribution in [0.15, 0.2) is 65.3 Å². The van der Waals surface area contributed by atoms with E-state index >= 15 is 0 Å². The van der Waals surface area contributed by atoms with Gasteiger partial charge in [-0.1, -0.05) is 47.5 Å². The lowest BCUT2D eigenvalue weighted by Gasteiger charge is -2.23. The van der Waals surface area contributed by atoms with Crippen LogP contribution in [0.3, 0.4) is 0 Å². The van der Waals surface area contributed by atoms with Crippen molar-refractivity contribution in [3.8, 4) is 0 Å². The fraction of sp³-hybridized carbons (Fsp3) is 0.143. The van der Waals surface area contributed by atoms with Gasteiger partial charge >= 0.3 is 0 Å². The summed E-state index contributed by atoms with van der Waals surface area (Å²) in [5, 5.41) is 12.1. The zero-order chi connectivity index (χ0) is 19.9. The van der Waals surface area contributed by atoms with Crippen molar-refractivity contribution in [2.24, 2.45) is 0 Å². The Morgan fingerprint density at radius 3 is 2.61 bits per heavy atom. The summed E-state index contributed by atoms with van der Waals surface area (Å²) in [4.78, 5) is 27.1. The van der Waals surface area contributed by atoms with Gasteiger partial charge in [-0.25, -0.2) is 0 Å². The van der Waals surface area contributed by atoms with Crippen LogP contribution in [0.5, 0.6) is 0 Å². The smallest absolute Gasteiger partial charge is 0.264 e. The monoisotopic (exact) mass is 415 g/mol. The summed E-state index contributed by atoms with van der Waals surface area (Å²) in [5.41, 5.74) is -0.381. The maximum absolute atomic E-state index is 13.2. The molecule has 5 nitrogen and oxygen atoms in total. The third-order valence-corrected chi connectivity index (χ3v) is 5.38. The van der Waals surface area contributed by atoms with Crippen molar-refractivity contribution < 1.29 is 19.1 Å². The summed E-state index contributed by atoms with van der Waals surface area (Å²) >= 11 is 12.2. The summed E-state index contributed by atoms with van der Waals surface area (Å²) in [7, 11) is 0. The van der Waals surface area contributed by atoms with E-state index in [1.807, 2.05) is 0 Å². The Bertz CT molecular complexity index is 1060. The topological polar surface area (TPSA) is 70.8 Å². The molecule has 0 fully saturated rings. The first kappa shape index (κ1) is 18.7. The summed E-state index contributed by atoms with van der Waals surface area (Å²) in [6, 6.07) is 14.9. The second-order valence-electron chi connectivity index (χ2n) is 6.58. The standard InChI is InChI=1S/C21H15Cl2NO4/c22-14-8-7-13(16(23)10-14)12-24-17-5-2-1-4-15(17)21(27,20(24)26)11-18(25)19-6-3-9-28-19/h1-10,27H,11-12H2/t21-/m0/s1. The average molecular weight is 416 g/mol. The first-order chi connectivity index (χ1) is 13.4. The highest BCUT2D eigenvalue weighted by molar-refractivity contribution is 6.35. The Balaban J connectivity index is 1.70. The number of anilines is 1. The predicted molar refractivity (Wildman–Crippen MR) is 106 cm³/mol. The van der Waals surface area contributed by atoms with Gasteiger partial charge in [0.15, 0.2) is 11.4 Å². The predicted octanol–water partition coefficient (Wildman–Crippen LogP) is 4.59. The average Bonchev–Trinajstić information content (AvgIpc) is 3.27. The molecule has 2 aromatic carbocycles. The van der Waals surface area contributed by atoms with E-state index in [1.54, 1.807) is 48.5 Å². The lowest BCUT2D eigenvalue weighted by Crippen LogP contribution is -2.41. The molecule has 142 valence electrons. The van der Waals surface area contributed by atoms with E-state index in [0.29, 0.717) is 26.9 Å². The third-order valence-electron chi connectivity index (χ3n) is 4.80. The van der Waals surface area contributed by atoms with Crippen molar-refractivity contribution in [1.29, 1.82) is 0 Å². The van der Waals surface area contributed by atoms with Crippen LogP contribution >= 0.6 is 23.2 Å². The molecule has 4 rings (SSSR count). The van der Waals surface area contributed by atoms with Gasteiger partial charge in [-0.15, -0.1) is 0 Å². The number of carbonyl (C=O) groups excluding carboxylic acids is 2. The number of benzene rings is 2.